The van der Waals surface area contributed by atoms with Gasteiger partial charge in [0, 0.05) is 37.6 Å². The van der Waals surface area contributed by atoms with Crippen molar-refractivity contribution in [1.29, 1.82) is 0 Å². The van der Waals surface area contributed by atoms with Gasteiger partial charge >= 0.3 is 0 Å². The molecule has 1 N–H and O–H groups in total. The molecule has 0 spiro atoms. The minimum absolute atomic E-state index is 0.101. The maximum absolute atomic E-state index is 12.7. The Balaban J connectivity index is 1.33. The second-order valence-electron chi connectivity index (χ2n) is 6.48. The van der Waals surface area contributed by atoms with Crippen LogP contribution in [-0.2, 0) is 0 Å². The number of para-hydroxylation sites is 1. The first-order valence-electron chi connectivity index (χ1n) is 8.91. The number of nitrogens with zero attached hydrogens (tertiary/aromatic N) is 5. The average Bonchev–Trinajstić information content (AvgIpc) is 3.41. The highest BCUT2D eigenvalue weighted by molar-refractivity contribution is 7.10. The van der Waals surface area contributed by atoms with E-state index in [1.54, 1.807) is 16.2 Å². The predicted molar refractivity (Wildman–Crippen MR) is 103 cm³/mol. The molecule has 7 nitrogen and oxygen atoms in total. The molecule has 1 atom stereocenters. The van der Waals surface area contributed by atoms with Crippen LogP contribution in [0, 0.1) is 0 Å². The van der Waals surface area contributed by atoms with Crippen molar-refractivity contribution in [3.8, 4) is 5.69 Å². The Kier molecular flexibility index (Phi) is 5.28. The monoisotopic (exact) mass is 383 g/mol. The quantitative estimate of drug-likeness (QED) is 0.727. The lowest BCUT2D eigenvalue weighted by Gasteiger charge is -2.35. The van der Waals surface area contributed by atoms with Crippen molar-refractivity contribution in [2.75, 3.05) is 32.7 Å². The molecule has 3 aromatic rings. The lowest BCUT2D eigenvalue weighted by Crippen LogP contribution is -2.49. The van der Waals surface area contributed by atoms with Gasteiger partial charge in [-0.2, -0.15) is 9.90 Å². The zero-order valence-electron chi connectivity index (χ0n) is 14.8. The number of aromatic nitrogens is 3. The number of amides is 1. The van der Waals surface area contributed by atoms with E-state index in [2.05, 4.69) is 15.1 Å². The van der Waals surface area contributed by atoms with Gasteiger partial charge in [-0.1, -0.05) is 24.3 Å². The first-order chi connectivity index (χ1) is 13.2. The van der Waals surface area contributed by atoms with Crippen molar-refractivity contribution in [1.82, 2.24) is 24.8 Å². The van der Waals surface area contributed by atoms with Crippen LogP contribution in [0.1, 0.15) is 21.5 Å². The van der Waals surface area contributed by atoms with Gasteiger partial charge in [0.05, 0.1) is 11.9 Å². The van der Waals surface area contributed by atoms with E-state index >= 15 is 0 Å². The molecule has 0 radical (unpaired) electrons. The van der Waals surface area contributed by atoms with Crippen LogP contribution in [0.5, 0.6) is 0 Å². The smallest absolute Gasteiger partial charge is 0.276 e. The van der Waals surface area contributed by atoms with Crippen molar-refractivity contribution in [2.24, 2.45) is 0 Å². The normalized spacial score (nSPS) is 16.4. The van der Waals surface area contributed by atoms with E-state index in [0.29, 0.717) is 25.3 Å². The van der Waals surface area contributed by atoms with Gasteiger partial charge in [-0.15, -0.1) is 16.4 Å². The number of aliphatic hydroxyl groups is 1. The molecule has 2 aromatic heterocycles. The van der Waals surface area contributed by atoms with E-state index in [4.69, 9.17) is 0 Å². The van der Waals surface area contributed by atoms with E-state index in [9.17, 15) is 9.90 Å². The van der Waals surface area contributed by atoms with Gasteiger partial charge < -0.3 is 10.0 Å². The van der Waals surface area contributed by atoms with Crippen LogP contribution < -0.4 is 0 Å². The van der Waals surface area contributed by atoms with E-state index in [0.717, 1.165) is 23.7 Å². The number of thiophene rings is 1. The number of aliphatic hydroxyl groups excluding tert-OH is 1. The summed E-state index contributed by atoms with van der Waals surface area (Å²) in [6.07, 6.45) is 1.04. The summed E-state index contributed by atoms with van der Waals surface area (Å²) in [4.78, 5) is 19.1. The molecule has 0 saturated carbocycles. The third kappa shape index (κ3) is 4.08. The van der Waals surface area contributed by atoms with Crippen molar-refractivity contribution >= 4 is 17.2 Å². The minimum atomic E-state index is -0.474. The molecule has 1 fully saturated rings. The highest BCUT2D eigenvalue weighted by atomic mass is 32.1. The number of carbonyl (C=O) groups excluding carboxylic acids is 1. The SMILES string of the molecule is O=C(c1cnn(-c2ccccc2)n1)N1CCN(CC(O)c2cccs2)CC1. The van der Waals surface area contributed by atoms with E-state index in [1.165, 1.54) is 11.0 Å². The van der Waals surface area contributed by atoms with Gasteiger partial charge in [0.1, 0.15) is 6.10 Å². The third-order valence-electron chi connectivity index (χ3n) is 4.66. The number of piperazine rings is 1. The van der Waals surface area contributed by atoms with Crippen LogP contribution in [0.4, 0.5) is 0 Å². The van der Waals surface area contributed by atoms with Gasteiger partial charge in [0.2, 0.25) is 0 Å². The fourth-order valence-electron chi connectivity index (χ4n) is 3.16. The number of β-amino-alcohol motifs (C(OH)–C–C–N with tert-alkyl or cyclic N) is 1. The average molecular weight is 383 g/mol. The highest BCUT2D eigenvalue weighted by Crippen LogP contribution is 2.20. The zero-order valence-corrected chi connectivity index (χ0v) is 15.6. The number of benzene rings is 1. The summed E-state index contributed by atoms with van der Waals surface area (Å²) in [6, 6.07) is 13.4. The van der Waals surface area contributed by atoms with Gasteiger partial charge in [0.25, 0.3) is 5.91 Å². The summed E-state index contributed by atoms with van der Waals surface area (Å²) < 4.78 is 0. The highest BCUT2D eigenvalue weighted by Gasteiger charge is 2.25. The number of rotatable bonds is 5. The fourth-order valence-corrected chi connectivity index (χ4v) is 3.86. The van der Waals surface area contributed by atoms with E-state index in [1.807, 2.05) is 47.8 Å². The summed E-state index contributed by atoms with van der Waals surface area (Å²) in [5.74, 6) is -0.101. The molecule has 4 rings (SSSR count). The lowest BCUT2D eigenvalue weighted by molar-refractivity contribution is 0.0528. The van der Waals surface area contributed by atoms with Gasteiger partial charge in [-0.05, 0) is 23.6 Å². The molecule has 1 aliphatic heterocycles. The molecule has 0 bridgehead atoms. The molecule has 140 valence electrons. The molecule has 27 heavy (non-hydrogen) atoms. The lowest BCUT2D eigenvalue weighted by atomic mass is 10.2. The minimum Gasteiger partial charge on any atom is -0.386 e. The topological polar surface area (TPSA) is 74.5 Å². The Morgan fingerprint density at radius 3 is 2.59 bits per heavy atom. The Morgan fingerprint density at radius 1 is 1.11 bits per heavy atom. The van der Waals surface area contributed by atoms with Crippen LogP contribution in [0.15, 0.2) is 54.0 Å². The fraction of sp³-hybridized carbons (Fsp3) is 0.316. The van der Waals surface area contributed by atoms with Crippen LogP contribution in [0.25, 0.3) is 5.69 Å². The van der Waals surface area contributed by atoms with Crippen LogP contribution in [-0.4, -0.2) is 68.5 Å². The third-order valence-corrected chi connectivity index (χ3v) is 5.63. The van der Waals surface area contributed by atoms with Gasteiger partial charge in [0.15, 0.2) is 5.69 Å². The summed E-state index contributed by atoms with van der Waals surface area (Å²) >= 11 is 1.56. The molecule has 1 unspecified atom stereocenters. The van der Waals surface area contributed by atoms with Gasteiger partial charge in [-0.3, -0.25) is 9.69 Å². The standard InChI is InChI=1S/C19H21N5O2S/c25-17(18-7-4-12-27-18)14-22-8-10-23(11-9-22)19(26)16-13-20-24(21-16)15-5-2-1-3-6-15/h1-7,12-13,17,25H,8-11,14H2. The van der Waals surface area contributed by atoms with Crippen molar-refractivity contribution < 1.29 is 9.90 Å². The largest absolute Gasteiger partial charge is 0.386 e. The summed E-state index contributed by atoms with van der Waals surface area (Å²) in [7, 11) is 0. The molecule has 1 aliphatic rings. The van der Waals surface area contributed by atoms with Crippen LogP contribution in [0.3, 0.4) is 0 Å². The predicted octanol–water partition coefficient (Wildman–Crippen LogP) is 1.82. The Hall–Kier alpha value is -2.55. The Labute approximate surface area is 161 Å². The van der Waals surface area contributed by atoms with Crippen LogP contribution in [0.2, 0.25) is 0 Å². The maximum atomic E-state index is 12.7. The van der Waals surface area contributed by atoms with Crippen molar-refractivity contribution in [3.05, 3.63) is 64.6 Å². The first kappa shape index (κ1) is 17.8. The second kappa shape index (κ2) is 7.99. The van der Waals surface area contributed by atoms with Crippen LogP contribution >= 0.6 is 11.3 Å². The molecule has 1 amide bonds. The molecule has 3 heterocycles. The Bertz CT molecular complexity index is 873. The Morgan fingerprint density at radius 2 is 1.89 bits per heavy atom. The molecule has 1 saturated heterocycles. The summed E-state index contributed by atoms with van der Waals surface area (Å²) in [6.45, 7) is 3.30. The first-order valence-corrected chi connectivity index (χ1v) is 9.79. The molecule has 0 aliphatic carbocycles. The van der Waals surface area contributed by atoms with Crippen molar-refractivity contribution in [3.63, 3.8) is 0 Å². The number of hydrogen-bond acceptors (Lipinski definition) is 6. The molecular weight excluding hydrogens is 362 g/mol. The molecule has 8 heteroatoms. The number of hydrogen-bond donors (Lipinski definition) is 1. The zero-order chi connectivity index (χ0) is 18.6. The van der Waals surface area contributed by atoms with Crippen molar-refractivity contribution in [2.45, 2.75) is 6.10 Å². The summed E-state index contributed by atoms with van der Waals surface area (Å²) in [5.41, 5.74) is 1.18. The van der Waals surface area contributed by atoms with E-state index in [-0.39, 0.29) is 5.91 Å². The maximum Gasteiger partial charge on any atom is 0.276 e. The van der Waals surface area contributed by atoms with Gasteiger partial charge in [-0.25, -0.2) is 0 Å². The molecular formula is C19H21N5O2S. The second-order valence-corrected chi connectivity index (χ2v) is 7.46. The summed E-state index contributed by atoms with van der Waals surface area (Å²) in [5, 5.41) is 20.8. The number of carbonyl (C=O) groups is 1. The molecule has 1 aromatic carbocycles. The van der Waals surface area contributed by atoms with E-state index < -0.39 is 6.10 Å².